The van der Waals surface area contributed by atoms with E-state index >= 15 is 0 Å². The Bertz CT molecular complexity index is 339. The summed E-state index contributed by atoms with van der Waals surface area (Å²) in [4.78, 5) is 7.56. The number of hydrogen-bond donors (Lipinski definition) is 0. The van der Waals surface area contributed by atoms with Crippen LogP contribution in [0.5, 0.6) is 0 Å². The Kier molecular flexibility index (Phi) is 3.44. The highest BCUT2D eigenvalue weighted by molar-refractivity contribution is 14.1. The van der Waals surface area contributed by atoms with Gasteiger partial charge in [0, 0.05) is 5.69 Å². The SMILES string of the molecule is BC(F)(F)c1nc(C)cc(C(C)I)n1. The van der Waals surface area contributed by atoms with Gasteiger partial charge in [-0.2, -0.15) is 0 Å². The van der Waals surface area contributed by atoms with E-state index < -0.39 is 11.6 Å². The van der Waals surface area contributed by atoms with Crippen LogP contribution < -0.4 is 0 Å². The van der Waals surface area contributed by atoms with Crippen molar-refractivity contribution in [3.8, 4) is 0 Å². The molecule has 2 nitrogen and oxygen atoms in total. The Morgan fingerprint density at radius 2 is 2.07 bits per heavy atom. The maximum Gasteiger partial charge on any atom is 0.263 e. The number of rotatable bonds is 2. The van der Waals surface area contributed by atoms with Gasteiger partial charge < -0.3 is 0 Å². The van der Waals surface area contributed by atoms with Crippen LogP contribution in [-0.4, -0.2) is 17.8 Å². The van der Waals surface area contributed by atoms with Gasteiger partial charge in [-0.3, -0.25) is 0 Å². The second-order valence-electron chi connectivity index (χ2n) is 3.26. The molecule has 0 spiro atoms. The summed E-state index contributed by atoms with van der Waals surface area (Å²) in [5, 5.41) is 0. The molecule has 0 aliphatic heterocycles. The summed E-state index contributed by atoms with van der Waals surface area (Å²) in [5.74, 6) is -3.36. The van der Waals surface area contributed by atoms with Crippen LogP contribution in [-0.2, 0) is 5.82 Å². The molecule has 0 bridgehead atoms. The van der Waals surface area contributed by atoms with Gasteiger partial charge in [-0.25, -0.2) is 18.7 Å². The molecule has 1 rings (SSSR count). The van der Waals surface area contributed by atoms with Gasteiger partial charge in [-0.05, 0) is 19.9 Å². The van der Waals surface area contributed by atoms with Crippen molar-refractivity contribution in [1.82, 2.24) is 9.97 Å². The number of alkyl halides is 3. The molecule has 0 aromatic carbocycles. The van der Waals surface area contributed by atoms with Gasteiger partial charge in [0.1, 0.15) is 0 Å². The van der Waals surface area contributed by atoms with E-state index in [-0.39, 0.29) is 3.92 Å². The summed E-state index contributed by atoms with van der Waals surface area (Å²) < 4.78 is 26.0. The zero-order chi connectivity index (χ0) is 10.9. The molecule has 6 heteroatoms. The highest BCUT2D eigenvalue weighted by atomic mass is 127. The molecule has 14 heavy (non-hydrogen) atoms. The van der Waals surface area contributed by atoms with Gasteiger partial charge in [-0.15, -0.1) is 0 Å². The van der Waals surface area contributed by atoms with E-state index in [4.69, 9.17) is 0 Å². The minimum atomic E-state index is -2.97. The van der Waals surface area contributed by atoms with E-state index in [2.05, 4.69) is 32.6 Å². The highest BCUT2D eigenvalue weighted by Crippen LogP contribution is 2.25. The van der Waals surface area contributed by atoms with Gasteiger partial charge >= 0.3 is 0 Å². The molecular weight excluding hydrogens is 300 g/mol. The fraction of sp³-hybridized carbons (Fsp3) is 0.500. The fourth-order valence-corrected chi connectivity index (χ4v) is 1.31. The van der Waals surface area contributed by atoms with Crippen LogP contribution in [0.3, 0.4) is 0 Å². The molecule has 1 aromatic heterocycles. The minimum Gasteiger partial charge on any atom is -0.233 e. The maximum absolute atomic E-state index is 13.0. The summed E-state index contributed by atoms with van der Waals surface area (Å²) in [6, 6.07) is 1.73. The number of hydrogen-bond acceptors (Lipinski definition) is 2. The van der Waals surface area contributed by atoms with Gasteiger partial charge in [0.05, 0.1) is 9.62 Å². The molecule has 0 amide bonds. The Balaban J connectivity index is 3.21. The average molecular weight is 310 g/mol. The summed E-state index contributed by atoms with van der Waals surface area (Å²) in [6.07, 6.45) is 0. The van der Waals surface area contributed by atoms with Crippen molar-refractivity contribution in [3.05, 3.63) is 23.3 Å². The third-order valence-corrected chi connectivity index (χ3v) is 2.31. The van der Waals surface area contributed by atoms with Crippen LogP contribution in [0.2, 0.25) is 0 Å². The Labute approximate surface area is 96.1 Å². The quantitative estimate of drug-likeness (QED) is 0.474. The molecule has 0 fully saturated rings. The monoisotopic (exact) mass is 310 g/mol. The van der Waals surface area contributed by atoms with E-state index in [1.54, 1.807) is 13.0 Å². The molecule has 0 radical (unpaired) electrons. The van der Waals surface area contributed by atoms with E-state index in [0.717, 1.165) is 7.85 Å². The van der Waals surface area contributed by atoms with Gasteiger partial charge in [-0.1, -0.05) is 22.6 Å². The van der Waals surface area contributed by atoms with Gasteiger partial charge in [0.25, 0.3) is 5.82 Å². The van der Waals surface area contributed by atoms with E-state index in [1.165, 1.54) is 0 Å². The van der Waals surface area contributed by atoms with Crippen molar-refractivity contribution in [1.29, 1.82) is 0 Å². The first kappa shape index (κ1) is 11.8. The summed E-state index contributed by atoms with van der Waals surface area (Å²) >= 11 is 2.13. The first-order valence-corrected chi connectivity index (χ1v) is 5.43. The molecule has 1 unspecified atom stereocenters. The van der Waals surface area contributed by atoms with Crippen LogP contribution in [0.1, 0.15) is 28.1 Å². The van der Waals surface area contributed by atoms with Crippen molar-refractivity contribution in [2.24, 2.45) is 0 Å². The molecule has 0 aliphatic carbocycles. The number of halogens is 3. The Hall–Kier alpha value is -0.265. The van der Waals surface area contributed by atoms with Crippen LogP contribution in [0.4, 0.5) is 8.78 Å². The number of aryl methyl sites for hydroxylation is 1. The summed E-state index contributed by atoms with van der Waals surface area (Å²) in [7, 11) is 0.809. The predicted octanol–water partition coefficient (Wildman–Crippen LogP) is 1.96. The van der Waals surface area contributed by atoms with Crippen molar-refractivity contribution in [2.45, 2.75) is 23.6 Å². The van der Waals surface area contributed by atoms with E-state index in [0.29, 0.717) is 11.4 Å². The smallest absolute Gasteiger partial charge is 0.233 e. The van der Waals surface area contributed by atoms with Crippen molar-refractivity contribution in [3.63, 3.8) is 0 Å². The molecular formula is C8H10BF2IN2. The zero-order valence-electron chi connectivity index (χ0n) is 8.18. The Morgan fingerprint density at radius 1 is 1.50 bits per heavy atom. The molecule has 1 heterocycles. The first-order chi connectivity index (χ1) is 6.30. The third kappa shape index (κ3) is 2.86. The van der Waals surface area contributed by atoms with Crippen LogP contribution >= 0.6 is 22.6 Å². The van der Waals surface area contributed by atoms with E-state index in [9.17, 15) is 8.78 Å². The van der Waals surface area contributed by atoms with Gasteiger partial charge in [0.2, 0.25) is 7.85 Å². The first-order valence-electron chi connectivity index (χ1n) is 4.18. The second kappa shape index (κ2) is 4.08. The third-order valence-electron chi connectivity index (χ3n) is 1.67. The lowest BCUT2D eigenvalue weighted by Crippen LogP contribution is -2.18. The molecule has 1 atom stereocenters. The Morgan fingerprint density at radius 3 is 2.50 bits per heavy atom. The zero-order valence-corrected chi connectivity index (χ0v) is 10.3. The molecule has 76 valence electrons. The normalized spacial score (nSPS) is 14.1. The fourth-order valence-electron chi connectivity index (χ4n) is 0.993. The van der Waals surface area contributed by atoms with Crippen LogP contribution in [0, 0.1) is 6.92 Å². The second-order valence-corrected chi connectivity index (χ2v) is 5.13. The topological polar surface area (TPSA) is 25.8 Å². The standard InChI is InChI=1S/C8H10BF2IN2/c1-4-3-6(5(2)12)14-7(13-4)8(9,10)11/h3,5H,9H2,1-2H3. The van der Waals surface area contributed by atoms with E-state index in [1.807, 2.05) is 6.92 Å². The lowest BCUT2D eigenvalue weighted by molar-refractivity contribution is 0.0830. The number of nitrogens with zero attached hydrogens (tertiary/aromatic N) is 2. The predicted molar refractivity (Wildman–Crippen MR) is 61.6 cm³/mol. The lowest BCUT2D eigenvalue weighted by Gasteiger charge is -2.12. The highest BCUT2D eigenvalue weighted by Gasteiger charge is 2.28. The molecule has 0 saturated heterocycles. The van der Waals surface area contributed by atoms with Gasteiger partial charge in [0.15, 0.2) is 5.82 Å². The number of aromatic nitrogens is 2. The van der Waals surface area contributed by atoms with Crippen molar-refractivity contribution < 1.29 is 8.78 Å². The summed E-state index contributed by atoms with van der Waals surface area (Å²) in [6.45, 7) is 3.60. The summed E-state index contributed by atoms with van der Waals surface area (Å²) in [5.41, 5.74) is 1.23. The van der Waals surface area contributed by atoms with Crippen LogP contribution in [0.15, 0.2) is 6.07 Å². The minimum absolute atomic E-state index is 0.107. The maximum atomic E-state index is 13.0. The molecule has 0 N–H and O–H groups in total. The molecule has 0 aliphatic rings. The van der Waals surface area contributed by atoms with Crippen molar-refractivity contribution in [2.75, 3.05) is 0 Å². The molecule has 1 aromatic rings. The molecule has 0 saturated carbocycles. The average Bonchev–Trinajstić information content (AvgIpc) is 2.01. The lowest BCUT2D eigenvalue weighted by atomic mass is 9.98. The largest absolute Gasteiger partial charge is 0.263 e. The van der Waals surface area contributed by atoms with Crippen LogP contribution in [0.25, 0.3) is 0 Å². The van der Waals surface area contributed by atoms with Crippen molar-refractivity contribution >= 4 is 30.4 Å².